The molecule has 66 nitrogen and oxygen atoms in total. The van der Waals surface area contributed by atoms with Gasteiger partial charge in [0, 0.05) is 20.8 Å². The van der Waals surface area contributed by atoms with Crippen LogP contribution in [-0.2, 0) is 128 Å². The SMILES string of the molecule is C1COCCOCCOCCO1.C1COCCOCCOCCO1.C1COCCOCCOCCO1.C1COCCOCCOCCOCCO1.C1COCCOCCOCCOCCO1.C1COCCOCCOCCOCCO1.CC#N.CC#N.CC#N.[Dy+3].[Dy+3].[Dy+3].[O-][Cl+3]([O-])([O-])[O-].[O-][Cl+3]([O-])([O-])[O-].[O-][Cl+3]([O-])([O-])[O-].[O-][Cl+3]([O-])([O-])[O-].[O-][Cl+3]([O-])([O-])[O-].[O-][Cl+3]([O-])([O-])[O-].[O-][Cl+3]([O-])([O-])[O-].[O-][Cl+3]([O-])([O-])[O-].[O-][Cl+3]([O-])([O-])[O-]. The first-order valence-electron chi connectivity index (χ1n) is 36.8. The van der Waals surface area contributed by atoms with E-state index >= 15 is 0 Å². The van der Waals surface area contributed by atoms with Gasteiger partial charge in [-0.2, -0.15) is 15.8 Å². The van der Waals surface area contributed by atoms with Crippen LogP contribution < -0.4 is 168 Å². The molecule has 0 N–H and O–H groups in total. The van der Waals surface area contributed by atoms with Crippen molar-refractivity contribution >= 4 is 0 Å². The van der Waals surface area contributed by atoms with E-state index in [9.17, 15) is 0 Å². The van der Waals surface area contributed by atoms with Gasteiger partial charge in [-0.25, -0.2) is 168 Å². The topological polar surface area (TPSA) is 1150 Å². The van der Waals surface area contributed by atoms with Crippen molar-refractivity contribution < 1.29 is 502 Å². The van der Waals surface area contributed by atoms with E-state index < -0.39 is 92.2 Å². The first-order valence-corrected chi connectivity index (χ1v) is 47.9. The van der Waals surface area contributed by atoms with Crippen LogP contribution in [0.1, 0.15) is 20.8 Å². The Morgan fingerprint density at radius 3 is 0.138 bits per heavy atom. The van der Waals surface area contributed by atoms with Gasteiger partial charge in [-0.05, 0) is 0 Å². The van der Waals surface area contributed by atoms with Crippen molar-refractivity contribution in [1.82, 2.24) is 0 Å². The van der Waals surface area contributed by atoms with Crippen molar-refractivity contribution in [3.63, 3.8) is 0 Å². The molecule has 6 saturated heterocycles. The van der Waals surface area contributed by atoms with Gasteiger partial charge in [-0.3, -0.25) is 0 Å². The van der Waals surface area contributed by atoms with Crippen molar-refractivity contribution in [1.29, 1.82) is 15.8 Å². The molecule has 0 spiro atoms. The van der Waals surface area contributed by atoms with Crippen molar-refractivity contribution in [2.45, 2.75) is 20.8 Å². The summed E-state index contributed by atoms with van der Waals surface area (Å²) in [5.74, 6) is 0. The molecule has 3 radical (unpaired) electrons. The standard InChI is InChI=1S/3C10H20O5.3C8H16O4.3C2H3N.9ClHO4.3Dy/c3*1-2-12-5-6-14-9-10-15-8-7-13-4-3-11-1;3*1-2-10-5-6-12-8-7-11-4-3-9-1;3*1-2-3;9*2-1(3,4)5;;;/h3*1-10H2;3*1-8H2;3*1H3;9*(H,2,3,4,5);;;/q;;;;;;;;;;;;;;;;;;3*+3/p-9. The molecule has 0 amide bonds. The number of halogens is 9. The van der Waals surface area contributed by atoms with Crippen molar-refractivity contribution in [3.05, 3.63) is 0 Å². The molecule has 0 bridgehead atoms. The van der Waals surface area contributed by atoms with Gasteiger partial charge in [-0.1, -0.05) is 0 Å². The van der Waals surface area contributed by atoms with Crippen LogP contribution >= 0.6 is 0 Å². The molecular weight excluding hydrogens is 2580 g/mol. The molecule has 78 heteroatoms. The number of nitriles is 3. The van der Waals surface area contributed by atoms with E-state index in [-0.39, 0.29) is 115 Å². The van der Waals surface area contributed by atoms with Crippen LogP contribution in [0.5, 0.6) is 0 Å². The third-order valence-corrected chi connectivity index (χ3v) is 10.0. The van der Waals surface area contributed by atoms with Crippen LogP contribution in [0.25, 0.3) is 0 Å². The number of hydrogen-bond donors (Lipinski definition) is 0. The second-order valence-corrected chi connectivity index (χ2v) is 27.4. The maximum Gasteiger partial charge on any atom is 3.00 e. The summed E-state index contributed by atoms with van der Waals surface area (Å²) in [5, 5.41) is 22.0. The van der Waals surface area contributed by atoms with E-state index in [1.165, 1.54) is 20.8 Å². The van der Waals surface area contributed by atoms with E-state index in [1.807, 2.05) is 0 Å². The van der Waals surface area contributed by atoms with E-state index in [4.69, 9.17) is 311 Å². The minimum Gasteiger partial charge on any atom is -0.377 e. The zero-order valence-corrected chi connectivity index (χ0v) is 87.0. The molecule has 843 valence electrons. The van der Waals surface area contributed by atoms with Crippen LogP contribution in [0, 0.1) is 241 Å². The minimum atomic E-state index is -4.94. The van der Waals surface area contributed by atoms with Gasteiger partial charge in [0.15, 0.2) is 0 Å². The van der Waals surface area contributed by atoms with Crippen molar-refractivity contribution in [2.24, 2.45) is 0 Å². The molecule has 6 heterocycles. The van der Waals surface area contributed by atoms with Crippen LogP contribution in [-0.4, -0.2) is 357 Å². The van der Waals surface area contributed by atoms with E-state index in [0.717, 1.165) is 0 Å². The van der Waals surface area contributed by atoms with Crippen molar-refractivity contribution in [2.75, 3.05) is 357 Å². The van der Waals surface area contributed by atoms with Gasteiger partial charge >= 0.3 is 115 Å². The third-order valence-electron chi connectivity index (χ3n) is 10.0. The molecule has 0 aromatic carbocycles. The third kappa shape index (κ3) is 376. The molecule has 0 aromatic rings. The van der Waals surface area contributed by atoms with Crippen molar-refractivity contribution in [3.8, 4) is 18.2 Å². The molecule has 0 atom stereocenters. The van der Waals surface area contributed by atoms with Gasteiger partial charge in [0.2, 0.25) is 0 Å². The Hall–Kier alpha value is 2.38. The average molecular weight is 2700 g/mol. The summed E-state index contributed by atoms with van der Waals surface area (Å²) in [4.78, 5) is 0. The molecule has 6 rings (SSSR count). The first-order chi connectivity index (χ1) is 62.7. The summed E-state index contributed by atoms with van der Waals surface area (Å²) in [6, 6.07) is 5.25. The number of nitrogens with zero attached hydrogens (tertiary/aromatic N) is 3. The Balaban J connectivity index is -0.0000000915. The zero-order valence-electron chi connectivity index (χ0n) is 74.1. The Labute approximate surface area is 905 Å². The molecule has 6 aliphatic rings. The van der Waals surface area contributed by atoms with Crippen LogP contribution in [0.3, 0.4) is 0 Å². The molecule has 6 aliphatic heterocycles. The normalized spacial score (nSPS) is 18.2. The summed E-state index contributed by atoms with van der Waals surface area (Å²) in [6.07, 6.45) is 0. The van der Waals surface area contributed by atoms with Gasteiger partial charge in [0.1, 0.15) is 0 Å². The predicted octanol–water partition coefficient (Wildman–Crippen LogP) is -40.8. The smallest absolute Gasteiger partial charge is 0.377 e. The van der Waals surface area contributed by atoms with E-state index in [0.29, 0.717) is 357 Å². The van der Waals surface area contributed by atoms with Crippen LogP contribution in [0.2, 0.25) is 0 Å². The Morgan fingerprint density at radius 2 is 0.123 bits per heavy atom. The van der Waals surface area contributed by atoms with E-state index in [2.05, 4.69) is 0 Å². The number of hydrogen-bond acceptors (Lipinski definition) is 66. The minimum absolute atomic E-state index is 0. The number of ether oxygens (including phenoxy) is 27. The molecule has 0 aromatic heterocycles. The molecule has 138 heavy (non-hydrogen) atoms. The maximum absolute atomic E-state index is 8.49. The summed E-state index contributed by atoms with van der Waals surface area (Å²) >= 11 is 0. The van der Waals surface area contributed by atoms with Gasteiger partial charge in [0.25, 0.3) is 0 Å². The monoisotopic (exact) mass is 2690 g/mol. The fourth-order valence-corrected chi connectivity index (χ4v) is 5.94. The Bertz CT molecular complexity index is 1630. The van der Waals surface area contributed by atoms with Crippen LogP contribution in [0.4, 0.5) is 0 Å². The fraction of sp³-hybridized carbons (Fsp3) is 0.950. The molecule has 0 aliphatic carbocycles. The molecular formula is C60H117Cl9Dy3N3O63. The molecule has 0 unspecified atom stereocenters. The van der Waals surface area contributed by atoms with Crippen LogP contribution in [0.15, 0.2) is 0 Å². The van der Waals surface area contributed by atoms with E-state index in [1.54, 1.807) is 18.2 Å². The molecule has 6 fully saturated rings. The Kier molecular flexibility index (Phi) is 170. The quantitative estimate of drug-likeness (QED) is 0.217. The fourth-order valence-electron chi connectivity index (χ4n) is 5.94. The van der Waals surface area contributed by atoms with Gasteiger partial charge < -0.3 is 128 Å². The summed E-state index contributed by atoms with van der Waals surface area (Å²) in [5.41, 5.74) is 0. The second kappa shape index (κ2) is 135. The summed E-state index contributed by atoms with van der Waals surface area (Å²) < 4.78 is 448. The zero-order chi connectivity index (χ0) is 106. The summed E-state index contributed by atoms with van der Waals surface area (Å²) in [6.45, 7) is 38.0. The average Bonchev–Trinajstić information content (AvgIpc) is 1.97. The summed E-state index contributed by atoms with van der Waals surface area (Å²) in [7, 11) is -44.5. The largest absolute Gasteiger partial charge is 3.00 e. The van der Waals surface area contributed by atoms with Gasteiger partial charge in [-0.15, -0.1) is 92.2 Å². The number of rotatable bonds is 0. The maximum atomic E-state index is 8.49. The second-order valence-electron chi connectivity index (χ2n) is 20.6. The Morgan fingerprint density at radius 1 is 0.109 bits per heavy atom. The first kappa shape index (κ1) is 173. The van der Waals surface area contributed by atoms with Gasteiger partial charge in [0.05, 0.1) is 375 Å². The predicted molar refractivity (Wildman–Crippen MR) is 326 cm³/mol. The molecule has 0 saturated carbocycles.